The largest absolute Gasteiger partial charge is 0.393 e. The van der Waals surface area contributed by atoms with Gasteiger partial charge >= 0.3 is 0 Å². The van der Waals surface area contributed by atoms with E-state index in [0.29, 0.717) is 56.2 Å². The molecule has 0 spiro atoms. The molecule has 1 amide bonds. The van der Waals surface area contributed by atoms with Crippen LogP contribution in [0.1, 0.15) is 34.5 Å². The molecule has 6 nitrogen and oxygen atoms in total. The van der Waals surface area contributed by atoms with Gasteiger partial charge in [-0.15, -0.1) is 0 Å². The van der Waals surface area contributed by atoms with Crippen LogP contribution in [0.4, 0.5) is 10.3 Å². The molecule has 1 aromatic carbocycles. The monoisotopic (exact) mass is 342 g/mol. The van der Waals surface area contributed by atoms with Crippen LogP contribution in [0.3, 0.4) is 0 Å². The Morgan fingerprint density at radius 3 is 2.84 bits per heavy atom. The number of amides is 1. The van der Waals surface area contributed by atoms with E-state index in [4.69, 9.17) is 0 Å². The van der Waals surface area contributed by atoms with Gasteiger partial charge in [-0.2, -0.15) is 0 Å². The zero-order valence-corrected chi connectivity index (χ0v) is 13.7. The average Bonchev–Trinajstić information content (AvgIpc) is 2.91. The molecule has 2 aliphatic rings. The number of hydrogen-bond donors (Lipinski definition) is 1. The summed E-state index contributed by atoms with van der Waals surface area (Å²) in [4.78, 5) is 25.1. The van der Waals surface area contributed by atoms with E-state index in [2.05, 4.69) is 9.97 Å². The van der Waals surface area contributed by atoms with Crippen LogP contribution in [-0.2, 0) is 13.1 Å². The van der Waals surface area contributed by atoms with Crippen molar-refractivity contribution in [3.05, 3.63) is 53.1 Å². The minimum absolute atomic E-state index is 0.125. The summed E-state index contributed by atoms with van der Waals surface area (Å²) in [6.45, 7) is 2.16. The van der Waals surface area contributed by atoms with Crippen molar-refractivity contribution in [2.75, 3.05) is 18.0 Å². The second-order valence-corrected chi connectivity index (χ2v) is 6.54. The number of aliphatic hydroxyl groups is 1. The Bertz CT molecular complexity index is 805. The zero-order chi connectivity index (χ0) is 17.4. The van der Waals surface area contributed by atoms with Crippen LogP contribution in [0.2, 0.25) is 0 Å². The van der Waals surface area contributed by atoms with Gasteiger partial charge in [0.1, 0.15) is 5.82 Å². The molecule has 0 radical (unpaired) electrons. The number of carbonyl (C=O) groups is 1. The van der Waals surface area contributed by atoms with E-state index in [1.54, 1.807) is 23.2 Å². The highest BCUT2D eigenvalue weighted by molar-refractivity contribution is 5.97. The van der Waals surface area contributed by atoms with Crippen molar-refractivity contribution in [2.24, 2.45) is 0 Å². The number of carbonyl (C=O) groups excluding carboxylic acids is 1. The van der Waals surface area contributed by atoms with E-state index in [0.717, 1.165) is 5.56 Å². The molecule has 1 aromatic heterocycles. The Labute approximate surface area is 144 Å². The topological polar surface area (TPSA) is 69.6 Å². The van der Waals surface area contributed by atoms with Crippen molar-refractivity contribution < 1.29 is 14.3 Å². The molecule has 130 valence electrons. The molecule has 0 bridgehead atoms. The summed E-state index contributed by atoms with van der Waals surface area (Å²) in [5, 5.41) is 9.61. The predicted octanol–water partition coefficient (Wildman–Crippen LogP) is 1.73. The lowest BCUT2D eigenvalue weighted by atomic mass is 10.1. The summed E-state index contributed by atoms with van der Waals surface area (Å²) < 4.78 is 13.3. The average molecular weight is 342 g/mol. The van der Waals surface area contributed by atoms with Crippen LogP contribution >= 0.6 is 0 Å². The van der Waals surface area contributed by atoms with Gasteiger partial charge in [-0.1, -0.05) is 12.1 Å². The Kier molecular flexibility index (Phi) is 4.09. The third-order valence-electron chi connectivity index (χ3n) is 4.72. The van der Waals surface area contributed by atoms with Crippen molar-refractivity contribution in [3.63, 3.8) is 0 Å². The van der Waals surface area contributed by atoms with Crippen LogP contribution < -0.4 is 4.90 Å². The molecule has 0 atom stereocenters. The van der Waals surface area contributed by atoms with Gasteiger partial charge in [0.25, 0.3) is 5.91 Å². The molecule has 25 heavy (non-hydrogen) atoms. The highest BCUT2D eigenvalue weighted by Gasteiger charge is 2.30. The number of hydrogen-bond acceptors (Lipinski definition) is 5. The zero-order valence-electron chi connectivity index (χ0n) is 13.7. The molecule has 1 N–H and O–H groups in total. The first-order chi connectivity index (χ1) is 12.1. The molecule has 2 aliphatic heterocycles. The summed E-state index contributed by atoms with van der Waals surface area (Å²) >= 11 is 0. The van der Waals surface area contributed by atoms with Crippen molar-refractivity contribution >= 4 is 11.9 Å². The number of rotatable bonds is 3. The van der Waals surface area contributed by atoms with Gasteiger partial charge in [-0.25, -0.2) is 14.4 Å². The molecule has 0 saturated carbocycles. The number of anilines is 1. The lowest BCUT2D eigenvalue weighted by molar-refractivity contribution is 0.0766. The third-order valence-corrected chi connectivity index (χ3v) is 4.72. The summed E-state index contributed by atoms with van der Waals surface area (Å²) in [6, 6.07) is 6.26. The van der Waals surface area contributed by atoms with Gasteiger partial charge in [0.05, 0.1) is 23.9 Å². The maximum absolute atomic E-state index is 13.3. The van der Waals surface area contributed by atoms with Gasteiger partial charge < -0.3 is 14.9 Å². The summed E-state index contributed by atoms with van der Waals surface area (Å²) in [7, 11) is 0. The van der Waals surface area contributed by atoms with Crippen molar-refractivity contribution in [1.82, 2.24) is 14.9 Å². The molecular weight excluding hydrogens is 323 g/mol. The first kappa shape index (κ1) is 16.0. The van der Waals surface area contributed by atoms with E-state index >= 15 is 0 Å². The highest BCUT2D eigenvalue weighted by atomic mass is 19.1. The fraction of sp³-hybridized carbons (Fsp3) is 0.389. The van der Waals surface area contributed by atoms with Crippen molar-refractivity contribution in [3.8, 4) is 0 Å². The number of aliphatic hydroxyl groups excluding tert-OH is 1. The number of fused-ring (bicyclic) bond motifs is 1. The Morgan fingerprint density at radius 1 is 1.28 bits per heavy atom. The van der Waals surface area contributed by atoms with Crippen molar-refractivity contribution in [1.29, 1.82) is 0 Å². The fourth-order valence-electron chi connectivity index (χ4n) is 3.33. The number of piperidine rings is 1. The molecule has 4 rings (SSSR count). The fourth-order valence-corrected chi connectivity index (χ4v) is 3.33. The summed E-state index contributed by atoms with van der Waals surface area (Å²) in [6.07, 6.45) is 2.72. The first-order valence-electron chi connectivity index (χ1n) is 8.43. The standard InChI is InChI=1S/C18H19FN4O2/c19-13-3-1-2-12(8-13)10-23-11-16-15(17(23)25)9-20-18(21-16)22-6-4-14(24)5-7-22/h1-3,8-9,14,24H,4-7,10-11H2. The van der Waals surface area contributed by atoms with Crippen LogP contribution in [0, 0.1) is 5.82 Å². The second-order valence-electron chi connectivity index (χ2n) is 6.54. The van der Waals surface area contributed by atoms with Crippen LogP contribution in [0.5, 0.6) is 0 Å². The van der Waals surface area contributed by atoms with Gasteiger partial charge in [-0.3, -0.25) is 4.79 Å². The minimum Gasteiger partial charge on any atom is -0.393 e. The minimum atomic E-state index is -0.309. The quantitative estimate of drug-likeness (QED) is 0.920. The molecule has 1 fully saturated rings. The lowest BCUT2D eigenvalue weighted by Gasteiger charge is -2.29. The molecule has 0 aliphatic carbocycles. The van der Waals surface area contributed by atoms with E-state index in [-0.39, 0.29) is 17.8 Å². The normalized spacial score (nSPS) is 17.9. The van der Waals surface area contributed by atoms with Gasteiger partial charge in [0.15, 0.2) is 0 Å². The molecular formula is C18H19FN4O2. The number of aromatic nitrogens is 2. The Hall–Kier alpha value is -2.54. The predicted molar refractivity (Wildman–Crippen MR) is 89.5 cm³/mol. The number of benzene rings is 1. The van der Waals surface area contributed by atoms with E-state index in [1.165, 1.54) is 12.1 Å². The Morgan fingerprint density at radius 2 is 2.08 bits per heavy atom. The number of halogens is 1. The number of nitrogens with zero attached hydrogens (tertiary/aromatic N) is 4. The molecule has 3 heterocycles. The van der Waals surface area contributed by atoms with Gasteiger partial charge in [0, 0.05) is 25.8 Å². The van der Waals surface area contributed by atoms with E-state index in [1.807, 2.05) is 4.90 Å². The van der Waals surface area contributed by atoms with Crippen LogP contribution in [-0.4, -0.2) is 45.1 Å². The maximum atomic E-state index is 13.3. The van der Waals surface area contributed by atoms with Crippen LogP contribution in [0.15, 0.2) is 30.5 Å². The summed E-state index contributed by atoms with van der Waals surface area (Å²) in [5.74, 6) is 0.168. The van der Waals surface area contributed by atoms with Crippen LogP contribution in [0.25, 0.3) is 0 Å². The second kappa shape index (κ2) is 6.40. The lowest BCUT2D eigenvalue weighted by Crippen LogP contribution is -2.37. The molecule has 1 saturated heterocycles. The third kappa shape index (κ3) is 3.19. The van der Waals surface area contributed by atoms with Crippen molar-refractivity contribution in [2.45, 2.75) is 32.0 Å². The van der Waals surface area contributed by atoms with E-state index < -0.39 is 0 Å². The SMILES string of the molecule is O=C1c2cnc(N3CCC(O)CC3)nc2CN1Cc1cccc(F)c1. The molecule has 7 heteroatoms. The summed E-state index contributed by atoms with van der Waals surface area (Å²) in [5.41, 5.74) is 1.97. The van der Waals surface area contributed by atoms with E-state index in [9.17, 15) is 14.3 Å². The molecule has 0 unspecified atom stereocenters. The highest BCUT2D eigenvalue weighted by Crippen LogP contribution is 2.25. The Balaban J connectivity index is 1.51. The van der Waals surface area contributed by atoms with Gasteiger partial charge in [-0.05, 0) is 30.5 Å². The maximum Gasteiger partial charge on any atom is 0.258 e. The molecule has 2 aromatic rings. The van der Waals surface area contributed by atoms with Gasteiger partial charge in [0.2, 0.25) is 5.95 Å². The smallest absolute Gasteiger partial charge is 0.258 e. The first-order valence-corrected chi connectivity index (χ1v) is 8.43.